The first-order valence-electron chi connectivity index (χ1n) is 6.89. The van der Waals surface area contributed by atoms with E-state index in [-0.39, 0.29) is 12.0 Å². The molecule has 0 radical (unpaired) electrons. The van der Waals surface area contributed by atoms with E-state index in [1.165, 1.54) is 12.1 Å². The van der Waals surface area contributed by atoms with Crippen LogP contribution in [0.15, 0.2) is 27.6 Å². The van der Waals surface area contributed by atoms with Gasteiger partial charge >= 0.3 is 5.63 Å². The summed E-state index contributed by atoms with van der Waals surface area (Å²) in [6.45, 7) is 0.906. The zero-order valence-electron chi connectivity index (χ0n) is 11.3. The number of hydrogen-bond acceptors (Lipinski definition) is 5. The van der Waals surface area contributed by atoms with Gasteiger partial charge in [-0.1, -0.05) is 0 Å². The van der Waals surface area contributed by atoms with Crippen molar-refractivity contribution in [2.24, 2.45) is 5.73 Å². The molecule has 0 atom stereocenters. The minimum atomic E-state index is -0.472. The highest BCUT2D eigenvalue weighted by Gasteiger charge is 2.18. The molecular formula is C14H20N2O4. The van der Waals surface area contributed by atoms with Gasteiger partial charge in [0, 0.05) is 18.7 Å². The monoisotopic (exact) mass is 280 g/mol. The molecule has 0 aromatic carbocycles. The lowest BCUT2D eigenvalue weighted by Crippen LogP contribution is -2.33. The number of hydrogen-bond donors (Lipinski definition) is 2. The smallest absolute Gasteiger partial charge is 0.335 e. The number of nitrogens with one attached hydrogen (secondary N) is 1. The predicted octanol–water partition coefficient (Wildman–Crippen LogP) is 0.656. The maximum Gasteiger partial charge on any atom is 0.335 e. The van der Waals surface area contributed by atoms with Gasteiger partial charge < -0.3 is 20.2 Å². The van der Waals surface area contributed by atoms with Crippen molar-refractivity contribution in [1.82, 2.24) is 5.32 Å². The van der Waals surface area contributed by atoms with Gasteiger partial charge in [-0.15, -0.1) is 0 Å². The van der Waals surface area contributed by atoms with Crippen LogP contribution in [-0.2, 0) is 4.74 Å². The third kappa shape index (κ3) is 4.47. The third-order valence-electron chi connectivity index (χ3n) is 3.42. The fourth-order valence-electron chi connectivity index (χ4n) is 2.23. The number of rotatable bonds is 5. The van der Waals surface area contributed by atoms with Crippen molar-refractivity contribution >= 4 is 5.91 Å². The van der Waals surface area contributed by atoms with E-state index in [2.05, 4.69) is 9.73 Å². The van der Waals surface area contributed by atoms with Crippen LogP contribution in [0.3, 0.4) is 0 Å². The van der Waals surface area contributed by atoms with Crippen LogP contribution in [0.1, 0.15) is 36.0 Å². The largest absolute Gasteiger partial charge is 0.430 e. The second kappa shape index (κ2) is 7.21. The summed E-state index contributed by atoms with van der Waals surface area (Å²) in [6.07, 6.45) is 5.38. The van der Waals surface area contributed by atoms with Crippen molar-refractivity contribution in [3.63, 3.8) is 0 Å². The number of nitrogens with two attached hydrogens (primary N) is 1. The summed E-state index contributed by atoms with van der Waals surface area (Å²) in [5.74, 6) is -0.275. The minimum absolute atomic E-state index is 0.251. The van der Waals surface area contributed by atoms with Gasteiger partial charge in [0.15, 0.2) is 0 Å². The summed E-state index contributed by atoms with van der Waals surface area (Å²) < 4.78 is 10.3. The second-order valence-corrected chi connectivity index (χ2v) is 5.01. The van der Waals surface area contributed by atoms with Gasteiger partial charge in [-0.3, -0.25) is 4.79 Å². The Balaban J connectivity index is 1.64. The molecule has 0 saturated heterocycles. The summed E-state index contributed by atoms with van der Waals surface area (Å²) in [5, 5.41) is 2.72. The first kappa shape index (κ1) is 14.7. The quantitative estimate of drug-likeness (QED) is 0.772. The van der Waals surface area contributed by atoms with Crippen LogP contribution in [0.4, 0.5) is 0 Å². The van der Waals surface area contributed by atoms with E-state index in [4.69, 9.17) is 10.5 Å². The van der Waals surface area contributed by atoms with Crippen LogP contribution in [0.5, 0.6) is 0 Å². The van der Waals surface area contributed by atoms with Gasteiger partial charge in [0.05, 0.1) is 18.3 Å². The van der Waals surface area contributed by atoms with Gasteiger partial charge in [-0.2, -0.15) is 0 Å². The zero-order valence-corrected chi connectivity index (χ0v) is 11.3. The van der Waals surface area contributed by atoms with Gasteiger partial charge in [0.25, 0.3) is 5.91 Å². The number of amides is 1. The highest BCUT2D eigenvalue weighted by molar-refractivity contribution is 5.93. The van der Waals surface area contributed by atoms with Gasteiger partial charge in [-0.05, 0) is 31.7 Å². The molecule has 20 heavy (non-hydrogen) atoms. The van der Waals surface area contributed by atoms with Crippen LogP contribution < -0.4 is 16.7 Å². The Bertz CT molecular complexity index is 472. The van der Waals surface area contributed by atoms with E-state index in [0.29, 0.717) is 24.8 Å². The van der Waals surface area contributed by atoms with Crippen LogP contribution >= 0.6 is 0 Å². The molecule has 110 valence electrons. The van der Waals surface area contributed by atoms with Crippen molar-refractivity contribution in [3.8, 4) is 0 Å². The number of carbonyl (C=O) groups is 1. The molecule has 0 aliphatic heterocycles. The van der Waals surface area contributed by atoms with Crippen LogP contribution in [-0.4, -0.2) is 31.2 Å². The summed E-state index contributed by atoms with van der Waals surface area (Å²) >= 11 is 0. The Labute approximate surface area is 117 Å². The molecular weight excluding hydrogens is 260 g/mol. The van der Waals surface area contributed by atoms with Crippen LogP contribution in [0.25, 0.3) is 0 Å². The summed E-state index contributed by atoms with van der Waals surface area (Å²) in [7, 11) is 0. The van der Waals surface area contributed by atoms with E-state index < -0.39 is 5.63 Å². The molecule has 1 aliphatic rings. The first-order valence-corrected chi connectivity index (χ1v) is 6.89. The molecule has 3 N–H and O–H groups in total. The summed E-state index contributed by atoms with van der Waals surface area (Å²) in [6, 6.07) is 2.96. The second-order valence-electron chi connectivity index (χ2n) is 5.01. The molecule has 0 bridgehead atoms. The highest BCUT2D eigenvalue weighted by Crippen LogP contribution is 2.19. The predicted molar refractivity (Wildman–Crippen MR) is 73.5 cm³/mol. The third-order valence-corrected chi connectivity index (χ3v) is 3.42. The molecule has 1 saturated carbocycles. The molecule has 0 spiro atoms. The molecule has 0 unspecified atom stereocenters. The fraction of sp³-hybridized carbons (Fsp3) is 0.571. The molecule has 1 fully saturated rings. The van der Waals surface area contributed by atoms with E-state index in [0.717, 1.165) is 31.9 Å². The first-order chi connectivity index (χ1) is 9.65. The Morgan fingerprint density at radius 3 is 2.75 bits per heavy atom. The van der Waals surface area contributed by atoms with Crippen molar-refractivity contribution in [2.75, 3.05) is 13.2 Å². The van der Waals surface area contributed by atoms with Gasteiger partial charge in [0.2, 0.25) is 0 Å². The molecule has 1 aromatic heterocycles. The normalized spacial score (nSPS) is 22.4. The lowest BCUT2D eigenvalue weighted by atomic mass is 9.94. The Hall–Kier alpha value is -1.66. The van der Waals surface area contributed by atoms with E-state index >= 15 is 0 Å². The van der Waals surface area contributed by atoms with E-state index in [9.17, 15) is 9.59 Å². The molecule has 1 aromatic rings. The van der Waals surface area contributed by atoms with Crippen molar-refractivity contribution in [2.45, 2.75) is 37.8 Å². The van der Waals surface area contributed by atoms with Gasteiger partial charge in [0.1, 0.15) is 6.26 Å². The molecule has 1 heterocycles. The van der Waals surface area contributed by atoms with Crippen molar-refractivity contribution < 1.29 is 13.9 Å². The maximum absolute atomic E-state index is 11.7. The number of ether oxygens (including phenoxy) is 1. The number of carbonyl (C=O) groups excluding carboxylic acids is 1. The molecule has 2 rings (SSSR count). The van der Waals surface area contributed by atoms with E-state index in [1.807, 2.05) is 0 Å². The lowest BCUT2D eigenvalue weighted by Gasteiger charge is -2.26. The average molecular weight is 280 g/mol. The molecule has 1 aliphatic carbocycles. The molecule has 6 heteroatoms. The topological polar surface area (TPSA) is 94.6 Å². The minimum Gasteiger partial charge on any atom is -0.430 e. The average Bonchev–Trinajstić information content (AvgIpc) is 2.46. The Morgan fingerprint density at radius 2 is 2.10 bits per heavy atom. The van der Waals surface area contributed by atoms with Crippen LogP contribution in [0.2, 0.25) is 0 Å². The highest BCUT2D eigenvalue weighted by atomic mass is 16.5. The van der Waals surface area contributed by atoms with Crippen molar-refractivity contribution in [3.05, 3.63) is 34.4 Å². The van der Waals surface area contributed by atoms with Crippen LogP contribution in [0, 0.1) is 0 Å². The SMILES string of the molecule is NC1CCC(OCCNC(=O)c2ccc(=O)oc2)CC1. The standard InChI is InChI=1S/C14H20N2O4/c15-11-2-4-12(5-3-11)19-8-7-16-14(18)10-1-6-13(17)20-9-10/h1,6,9,11-12H,2-5,7-8,15H2,(H,16,18). The Morgan fingerprint density at radius 1 is 1.35 bits per heavy atom. The lowest BCUT2D eigenvalue weighted by molar-refractivity contribution is 0.0267. The fourth-order valence-corrected chi connectivity index (χ4v) is 2.23. The Kier molecular flexibility index (Phi) is 5.31. The molecule has 6 nitrogen and oxygen atoms in total. The van der Waals surface area contributed by atoms with Gasteiger partial charge in [-0.25, -0.2) is 4.79 Å². The maximum atomic E-state index is 11.7. The van der Waals surface area contributed by atoms with Crippen molar-refractivity contribution in [1.29, 1.82) is 0 Å². The van der Waals surface area contributed by atoms with E-state index in [1.54, 1.807) is 0 Å². The molecule has 1 amide bonds. The zero-order chi connectivity index (χ0) is 14.4. The summed E-state index contributed by atoms with van der Waals surface area (Å²) in [4.78, 5) is 22.5. The summed E-state index contributed by atoms with van der Waals surface area (Å²) in [5.41, 5.74) is 5.68.